The molecule has 2 saturated heterocycles. The summed E-state index contributed by atoms with van der Waals surface area (Å²) in [5, 5.41) is 10.7. The molecule has 0 aromatic carbocycles. The molecule has 2 aliphatic heterocycles. The molecule has 2 amide bonds. The molecule has 25 heavy (non-hydrogen) atoms. The van der Waals surface area contributed by atoms with Gasteiger partial charge in [-0.2, -0.15) is 0 Å². The van der Waals surface area contributed by atoms with Crippen LogP contribution < -0.4 is 5.73 Å². The molecular weight excluding hydrogens is 368 g/mol. The van der Waals surface area contributed by atoms with Gasteiger partial charge in [0, 0.05) is 25.7 Å². The normalized spacial score (nSPS) is 22.8. The fraction of sp³-hybridized carbons (Fsp3) is 0.600. The molecule has 8 nitrogen and oxygen atoms in total. The van der Waals surface area contributed by atoms with Gasteiger partial charge in [0.1, 0.15) is 6.04 Å². The van der Waals surface area contributed by atoms with Crippen molar-refractivity contribution in [2.45, 2.75) is 25.3 Å². The molecule has 1 aromatic heterocycles. The van der Waals surface area contributed by atoms with Gasteiger partial charge in [0.25, 0.3) is 5.91 Å². The Morgan fingerprint density at radius 3 is 2.68 bits per heavy atom. The number of amides is 2. The number of thiophene rings is 1. The molecule has 0 bridgehead atoms. The first-order chi connectivity index (χ1) is 11.5. The number of hydrogen-bond donors (Lipinski definition) is 1. The van der Waals surface area contributed by atoms with Crippen molar-refractivity contribution >= 4 is 40.6 Å². The highest BCUT2D eigenvalue weighted by molar-refractivity contribution is 7.17. The van der Waals surface area contributed by atoms with Crippen LogP contribution in [0.3, 0.4) is 0 Å². The first-order valence-corrected chi connectivity index (χ1v) is 8.87. The molecule has 3 rings (SSSR count). The maximum Gasteiger partial charge on any atom is 0.324 e. The number of likely N-dealkylation sites (tertiary alicyclic amines) is 2. The molecule has 1 aromatic rings. The SMILES string of the molecule is Cl.NCC1CCN(C(=O)C2CCCN2C(=O)c2ccc([N+](=O)[O-])s2)C1. The minimum Gasteiger partial charge on any atom is -0.341 e. The third kappa shape index (κ3) is 3.94. The second kappa shape index (κ2) is 8.11. The number of nitro groups is 1. The molecule has 2 aliphatic rings. The van der Waals surface area contributed by atoms with E-state index >= 15 is 0 Å². The summed E-state index contributed by atoms with van der Waals surface area (Å²) in [7, 11) is 0. The Kier molecular flexibility index (Phi) is 6.36. The average molecular weight is 389 g/mol. The topological polar surface area (TPSA) is 110 Å². The Balaban J connectivity index is 0.00000225. The maximum absolute atomic E-state index is 12.8. The highest BCUT2D eigenvalue weighted by Gasteiger charge is 2.39. The molecule has 2 unspecified atom stereocenters. The van der Waals surface area contributed by atoms with Gasteiger partial charge in [-0.3, -0.25) is 19.7 Å². The van der Waals surface area contributed by atoms with Gasteiger partial charge < -0.3 is 15.5 Å². The molecule has 0 spiro atoms. The summed E-state index contributed by atoms with van der Waals surface area (Å²) in [6.45, 7) is 2.41. The summed E-state index contributed by atoms with van der Waals surface area (Å²) in [6, 6.07) is 2.33. The van der Waals surface area contributed by atoms with Crippen LogP contribution in [-0.2, 0) is 4.79 Å². The molecule has 10 heteroatoms. The number of nitrogens with two attached hydrogens (primary N) is 1. The zero-order valence-corrected chi connectivity index (χ0v) is 15.3. The van der Waals surface area contributed by atoms with E-state index in [0.29, 0.717) is 43.4 Å². The molecule has 2 atom stereocenters. The lowest BCUT2D eigenvalue weighted by molar-refractivity contribution is -0.380. The number of carbonyl (C=O) groups excluding carboxylic acids is 2. The summed E-state index contributed by atoms with van der Waals surface area (Å²) < 4.78 is 0. The summed E-state index contributed by atoms with van der Waals surface area (Å²) in [5.41, 5.74) is 5.67. The second-order valence-corrected chi connectivity index (χ2v) is 7.29. The quantitative estimate of drug-likeness (QED) is 0.620. The molecule has 2 N–H and O–H groups in total. The average Bonchev–Trinajstić information content (AvgIpc) is 3.33. The van der Waals surface area contributed by atoms with Crippen molar-refractivity contribution in [2.24, 2.45) is 11.7 Å². The number of hydrogen-bond acceptors (Lipinski definition) is 6. The highest BCUT2D eigenvalue weighted by atomic mass is 35.5. The zero-order chi connectivity index (χ0) is 17.3. The van der Waals surface area contributed by atoms with Gasteiger partial charge in [0.2, 0.25) is 5.91 Å². The lowest BCUT2D eigenvalue weighted by atomic mass is 10.1. The lowest BCUT2D eigenvalue weighted by Gasteiger charge is -2.27. The Morgan fingerprint density at radius 1 is 1.32 bits per heavy atom. The number of rotatable bonds is 4. The van der Waals surface area contributed by atoms with Crippen molar-refractivity contribution in [3.05, 3.63) is 27.1 Å². The monoisotopic (exact) mass is 388 g/mol. The van der Waals surface area contributed by atoms with E-state index in [1.54, 1.807) is 9.80 Å². The first kappa shape index (κ1) is 19.6. The lowest BCUT2D eigenvalue weighted by Crippen LogP contribution is -2.47. The minimum absolute atomic E-state index is 0. The van der Waals surface area contributed by atoms with Crippen LogP contribution >= 0.6 is 23.7 Å². The second-order valence-electron chi connectivity index (χ2n) is 6.23. The van der Waals surface area contributed by atoms with Gasteiger partial charge in [-0.25, -0.2) is 0 Å². The van der Waals surface area contributed by atoms with Crippen LogP contribution in [0.5, 0.6) is 0 Å². The van der Waals surface area contributed by atoms with Crippen LogP contribution in [0.1, 0.15) is 28.9 Å². The van der Waals surface area contributed by atoms with E-state index in [1.807, 2.05) is 0 Å². The van der Waals surface area contributed by atoms with E-state index in [4.69, 9.17) is 5.73 Å². The number of halogens is 1. The third-order valence-electron chi connectivity index (χ3n) is 4.71. The first-order valence-electron chi connectivity index (χ1n) is 8.05. The summed E-state index contributed by atoms with van der Waals surface area (Å²) in [4.78, 5) is 39.4. The summed E-state index contributed by atoms with van der Waals surface area (Å²) in [6.07, 6.45) is 2.31. The standard InChI is InChI=1S/C15H20N4O4S.ClH/c16-8-10-5-7-17(9-10)14(20)11-2-1-6-18(11)15(21)12-3-4-13(24-12)19(22)23;/h3-4,10-11H,1-2,5-9,16H2;1H. The summed E-state index contributed by atoms with van der Waals surface area (Å²) in [5.74, 6) is 0.0147. The van der Waals surface area contributed by atoms with E-state index in [9.17, 15) is 19.7 Å². The Morgan fingerprint density at radius 2 is 2.08 bits per heavy atom. The summed E-state index contributed by atoms with van der Waals surface area (Å²) >= 11 is 0.854. The van der Waals surface area contributed by atoms with Gasteiger partial charge in [-0.1, -0.05) is 11.3 Å². The predicted octanol–water partition coefficient (Wildman–Crippen LogP) is 1.49. The fourth-order valence-corrected chi connectivity index (χ4v) is 4.16. The smallest absolute Gasteiger partial charge is 0.324 e. The van der Waals surface area contributed by atoms with Crippen LogP contribution in [0, 0.1) is 16.0 Å². The van der Waals surface area contributed by atoms with Gasteiger partial charge in [0.05, 0.1) is 9.80 Å². The minimum atomic E-state index is -0.509. The maximum atomic E-state index is 12.8. The third-order valence-corrected chi connectivity index (χ3v) is 5.74. The highest BCUT2D eigenvalue weighted by Crippen LogP contribution is 2.29. The fourth-order valence-electron chi connectivity index (χ4n) is 3.38. The van der Waals surface area contributed by atoms with Crippen LogP contribution in [-0.4, -0.2) is 58.8 Å². The van der Waals surface area contributed by atoms with Crippen molar-refractivity contribution in [2.75, 3.05) is 26.2 Å². The van der Waals surface area contributed by atoms with Crippen LogP contribution in [0.2, 0.25) is 0 Å². The molecule has 138 valence electrons. The van der Waals surface area contributed by atoms with E-state index in [-0.39, 0.29) is 29.2 Å². The van der Waals surface area contributed by atoms with Crippen LogP contribution in [0.25, 0.3) is 0 Å². The molecule has 0 saturated carbocycles. The molecule has 2 fully saturated rings. The Hall–Kier alpha value is -1.71. The van der Waals surface area contributed by atoms with Crippen molar-refractivity contribution < 1.29 is 14.5 Å². The van der Waals surface area contributed by atoms with E-state index in [1.165, 1.54) is 12.1 Å². The van der Waals surface area contributed by atoms with E-state index < -0.39 is 11.0 Å². The Bertz CT molecular complexity index is 668. The van der Waals surface area contributed by atoms with Crippen LogP contribution in [0.15, 0.2) is 12.1 Å². The number of nitrogens with zero attached hydrogens (tertiary/aromatic N) is 3. The van der Waals surface area contributed by atoms with Crippen LogP contribution in [0.4, 0.5) is 5.00 Å². The van der Waals surface area contributed by atoms with E-state index in [0.717, 1.165) is 24.2 Å². The van der Waals surface area contributed by atoms with Gasteiger partial charge in [-0.15, -0.1) is 12.4 Å². The molecular formula is C15H21ClN4O4S. The molecule has 0 aliphatic carbocycles. The largest absolute Gasteiger partial charge is 0.341 e. The van der Waals surface area contributed by atoms with Crippen molar-refractivity contribution in [3.63, 3.8) is 0 Å². The van der Waals surface area contributed by atoms with Gasteiger partial charge >= 0.3 is 5.00 Å². The van der Waals surface area contributed by atoms with E-state index in [2.05, 4.69) is 0 Å². The number of carbonyl (C=O) groups is 2. The van der Waals surface area contributed by atoms with Gasteiger partial charge in [0.15, 0.2) is 0 Å². The molecule has 0 radical (unpaired) electrons. The predicted molar refractivity (Wildman–Crippen MR) is 96.0 cm³/mol. The zero-order valence-electron chi connectivity index (χ0n) is 13.6. The van der Waals surface area contributed by atoms with Crippen molar-refractivity contribution in [3.8, 4) is 0 Å². The Labute approximate surface area is 155 Å². The van der Waals surface area contributed by atoms with Crippen molar-refractivity contribution in [1.29, 1.82) is 0 Å². The van der Waals surface area contributed by atoms with Crippen molar-refractivity contribution in [1.82, 2.24) is 9.80 Å². The van der Waals surface area contributed by atoms with Gasteiger partial charge in [-0.05, 0) is 37.8 Å². The molecule has 3 heterocycles.